The quantitative estimate of drug-likeness (QED) is 0.684. The molecule has 0 amide bonds. The van der Waals surface area contributed by atoms with Crippen molar-refractivity contribution in [2.24, 2.45) is 0 Å². The van der Waals surface area contributed by atoms with Crippen LogP contribution >= 0.6 is 0 Å². The van der Waals surface area contributed by atoms with E-state index in [-0.39, 0.29) is 0 Å². The first-order chi connectivity index (χ1) is 9.77. The Morgan fingerprint density at radius 3 is 1.95 bits per heavy atom. The average molecular weight is 260 g/mol. The number of benzene rings is 3. The zero-order valence-electron chi connectivity index (χ0n) is 11.4. The maximum Gasteiger partial charge on any atom is 0.131 e. The zero-order valence-corrected chi connectivity index (χ0v) is 11.4. The lowest BCUT2D eigenvalue weighted by molar-refractivity contribution is 0.479. The molecule has 0 aromatic heterocycles. The summed E-state index contributed by atoms with van der Waals surface area (Å²) in [6.07, 6.45) is 0. The van der Waals surface area contributed by atoms with Crippen molar-refractivity contribution in [2.75, 3.05) is 0 Å². The third-order valence-corrected chi connectivity index (χ3v) is 3.56. The Balaban J connectivity index is 2.19. The van der Waals surface area contributed by atoms with E-state index in [1.807, 2.05) is 66.7 Å². The maximum atomic E-state index is 10.6. The van der Waals surface area contributed by atoms with Gasteiger partial charge in [-0.05, 0) is 23.6 Å². The van der Waals surface area contributed by atoms with E-state index in [4.69, 9.17) is 0 Å². The summed E-state index contributed by atoms with van der Waals surface area (Å²) >= 11 is 0. The summed E-state index contributed by atoms with van der Waals surface area (Å²) in [6.45, 7) is 2.06. The van der Waals surface area contributed by atoms with Gasteiger partial charge in [-0.15, -0.1) is 0 Å². The molecule has 0 fully saturated rings. The fraction of sp³-hybridized carbons (Fsp3) is 0.0526. The Hall–Kier alpha value is -2.54. The van der Waals surface area contributed by atoms with Gasteiger partial charge in [-0.1, -0.05) is 72.8 Å². The molecular formula is C19H16O. The van der Waals surface area contributed by atoms with Gasteiger partial charge < -0.3 is 5.11 Å². The average Bonchev–Trinajstić information content (AvgIpc) is 2.49. The summed E-state index contributed by atoms with van der Waals surface area (Å²) in [5.74, 6) is 0.341. The fourth-order valence-corrected chi connectivity index (χ4v) is 2.49. The monoisotopic (exact) mass is 260 g/mol. The third-order valence-electron chi connectivity index (χ3n) is 3.56. The van der Waals surface area contributed by atoms with Crippen molar-refractivity contribution in [3.8, 4) is 28.0 Å². The number of hydrogen-bond donors (Lipinski definition) is 1. The van der Waals surface area contributed by atoms with Crippen LogP contribution in [-0.4, -0.2) is 5.11 Å². The molecule has 0 unspecified atom stereocenters. The number of hydrogen-bond acceptors (Lipinski definition) is 1. The number of phenolic OH excluding ortho intramolecular Hbond substituents is 1. The van der Waals surface area contributed by atoms with Gasteiger partial charge in [0.25, 0.3) is 0 Å². The number of aryl methyl sites for hydroxylation is 1. The van der Waals surface area contributed by atoms with Gasteiger partial charge in [0.2, 0.25) is 0 Å². The van der Waals surface area contributed by atoms with Crippen molar-refractivity contribution in [1.29, 1.82) is 0 Å². The summed E-state index contributed by atoms with van der Waals surface area (Å²) in [4.78, 5) is 0. The van der Waals surface area contributed by atoms with Gasteiger partial charge in [-0.25, -0.2) is 0 Å². The predicted molar refractivity (Wildman–Crippen MR) is 83.7 cm³/mol. The van der Waals surface area contributed by atoms with E-state index in [2.05, 4.69) is 13.0 Å². The number of phenols is 1. The minimum atomic E-state index is 0.341. The molecule has 0 saturated carbocycles. The Labute approximate surface area is 119 Å². The molecule has 0 bridgehead atoms. The summed E-state index contributed by atoms with van der Waals surface area (Å²) in [6, 6.07) is 24.0. The van der Waals surface area contributed by atoms with E-state index in [9.17, 15) is 5.11 Å². The van der Waals surface area contributed by atoms with Crippen LogP contribution in [0.4, 0.5) is 0 Å². The van der Waals surface area contributed by atoms with Crippen LogP contribution in [0.25, 0.3) is 22.3 Å². The minimum absolute atomic E-state index is 0.341. The first-order valence-corrected chi connectivity index (χ1v) is 6.71. The molecule has 1 N–H and O–H groups in total. The normalized spacial score (nSPS) is 10.4. The van der Waals surface area contributed by atoms with E-state index < -0.39 is 0 Å². The van der Waals surface area contributed by atoms with Gasteiger partial charge in [0.15, 0.2) is 0 Å². The first-order valence-electron chi connectivity index (χ1n) is 6.71. The van der Waals surface area contributed by atoms with E-state index in [1.54, 1.807) is 0 Å². The van der Waals surface area contributed by atoms with Crippen molar-refractivity contribution in [3.05, 3.63) is 78.4 Å². The Bertz CT molecular complexity index is 730. The summed E-state index contributed by atoms with van der Waals surface area (Å²) in [7, 11) is 0. The molecule has 0 saturated heterocycles. The van der Waals surface area contributed by atoms with Gasteiger partial charge in [-0.2, -0.15) is 0 Å². The van der Waals surface area contributed by atoms with Crippen LogP contribution in [0.5, 0.6) is 5.75 Å². The van der Waals surface area contributed by atoms with Crippen molar-refractivity contribution in [2.45, 2.75) is 6.92 Å². The van der Waals surface area contributed by atoms with Gasteiger partial charge in [0.05, 0.1) is 0 Å². The van der Waals surface area contributed by atoms with Crippen molar-refractivity contribution >= 4 is 0 Å². The number of rotatable bonds is 2. The molecule has 3 aromatic rings. The summed E-state index contributed by atoms with van der Waals surface area (Å²) in [5.41, 5.74) is 5.01. The fourth-order valence-electron chi connectivity index (χ4n) is 2.49. The molecule has 0 aliphatic carbocycles. The van der Waals surface area contributed by atoms with Gasteiger partial charge in [0, 0.05) is 11.1 Å². The van der Waals surface area contributed by atoms with E-state index in [0.29, 0.717) is 5.75 Å². The standard InChI is InChI=1S/C19H16O/c1-14-8-5-6-11-16(14)18-13-7-12-17(19(18)20)15-9-3-2-4-10-15/h2-13,20H,1H3. The molecule has 0 heterocycles. The molecule has 0 aliphatic heterocycles. The third kappa shape index (κ3) is 2.19. The highest BCUT2D eigenvalue weighted by atomic mass is 16.3. The van der Waals surface area contributed by atoms with Gasteiger partial charge in [0.1, 0.15) is 5.75 Å². The molecule has 0 spiro atoms. The maximum absolute atomic E-state index is 10.6. The summed E-state index contributed by atoms with van der Waals surface area (Å²) < 4.78 is 0. The molecule has 20 heavy (non-hydrogen) atoms. The van der Waals surface area contributed by atoms with E-state index in [1.165, 1.54) is 0 Å². The van der Waals surface area contributed by atoms with Crippen LogP contribution in [0.3, 0.4) is 0 Å². The van der Waals surface area contributed by atoms with E-state index >= 15 is 0 Å². The number of aromatic hydroxyl groups is 1. The highest BCUT2D eigenvalue weighted by Gasteiger charge is 2.11. The number of para-hydroxylation sites is 1. The molecule has 1 nitrogen and oxygen atoms in total. The second-order valence-electron chi connectivity index (χ2n) is 4.88. The lowest BCUT2D eigenvalue weighted by atomic mass is 9.95. The Morgan fingerprint density at radius 2 is 1.20 bits per heavy atom. The predicted octanol–water partition coefficient (Wildman–Crippen LogP) is 5.03. The van der Waals surface area contributed by atoms with Crippen LogP contribution in [0.1, 0.15) is 5.56 Å². The molecule has 0 radical (unpaired) electrons. The zero-order chi connectivity index (χ0) is 13.9. The molecule has 3 rings (SSSR count). The van der Waals surface area contributed by atoms with Crippen LogP contribution in [-0.2, 0) is 0 Å². The highest BCUT2D eigenvalue weighted by molar-refractivity contribution is 5.82. The smallest absolute Gasteiger partial charge is 0.131 e. The topological polar surface area (TPSA) is 20.2 Å². The van der Waals surface area contributed by atoms with Crippen molar-refractivity contribution in [3.63, 3.8) is 0 Å². The second-order valence-corrected chi connectivity index (χ2v) is 4.88. The minimum Gasteiger partial charge on any atom is -0.507 e. The van der Waals surface area contributed by atoms with Crippen molar-refractivity contribution < 1.29 is 5.11 Å². The van der Waals surface area contributed by atoms with Gasteiger partial charge >= 0.3 is 0 Å². The van der Waals surface area contributed by atoms with Crippen LogP contribution in [0.2, 0.25) is 0 Å². The molecule has 3 aromatic carbocycles. The van der Waals surface area contributed by atoms with Crippen LogP contribution in [0, 0.1) is 6.92 Å². The lowest BCUT2D eigenvalue weighted by Gasteiger charge is -2.12. The summed E-state index contributed by atoms with van der Waals surface area (Å²) in [5, 5.41) is 10.6. The van der Waals surface area contributed by atoms with Crippen LogP contribution < -0.4 is 0 Å². The highest BCUT2D eigenvalue weighted by Crippen LogP contribution is 2.38. The second kappa shape index (κ2) is 5.22. The first kappa shape index (κ1) is 12.5. The molecule has 0 atom stereocenters. The Kier molecular flexibility index (Phi) is 3.26. The molecule has 98 valence electrons. The Morgan fingerprint density at radius 1 is 0.600 bits per heavy atom. The van der Waals surface area contributed by atoms with Crippen molar-refractivity contribution in [1.82, 2.24) is 0 Å². The SMILES string of the molecule is Cc1ccccc1-c1cccc(-c2ccccc2)c1O. The van der Waals surface area contributed by atoms with Gasteiger partial charge in [-0.3, -0.25) is 0 Å². The molecular weight excluding hydrogens is 244 g/mol. The molecule has 1 heteroatoms. The largest absolute Gasteiger partial charge is 0.507 e. The van der Waals surface area contributed by atoms with Crippen LogP contribution in [0.15, 0.2) is 72.8 Å². The van der Waals surface area contributed by atoms with E-state index in [0.717, 1.165) is 27.8 Å². The lowest BCUT2D eigenvalue weighted by Crippen LogP contribution is -1.86. The molecule has 0 aliphatic rings.